The number of methoxy groups -OCH3 is 1. The Morgan fingerprint density at radius 1 is 1.06 bits per heavy atom. The number of hydrogen-bond acceptors (Lipinski definition) is 8. The Morgan fingerprint density at radius 3 is 2.47 bits per heavy atom. The van der Waals surface area contributed by atoms with Gasteiger partial charge < -0.3 is 14.8 Å². The highest BCUT2D eigenvalue weighted by atomic mass is 16.5. The van der Waals surface area contributed by atoms with Gasteiger partial charge in [0.2, 0.25) is 11.7 Å². The highest BCUT2D eigenvalue weighted by molar-refractivity contribution is 5.92. The fraction of sp³-hybridized carbons (Fsp3) is 0.318. The highest BCUT2D eigenvalue weighted by Crippen LogP contribution is 2.16. The quantitative estimate of drug-likeness (QED) is 0.556. The first-order valence-corrected chi connectivity index (χ1v) is 10.3. The number of benzene rings is 2. The van der Waals surface area contributed by atoms with Gasteiger partial charge in [-0.2, -0.15) is 4.80 Å². The van der Waals surface area contributed by atoms with E-state index in [2.05, 4.69) is 42.5 Å². The average Bonchev–Trinajstić information content (AvgIpc) is 3.28. The second kappa shape index (κ2) is 10.1. The minimum atomic E-state index is -0.434. The first-order valence-electron chi connectivity index (χ1n) is 10.3. The molecule has 1 fully saturated rings. The maximum absolute atomic E-state index is 12.3. The monoisotopic (exact) mass is 436 g/mol. The first kappa shape index (κ1) is 21.6. The third kappa shape index (κ3) is 5.54. The number of nitrogens with one attached hydrogen (secondary N) is 1. The number of nitrogens with zero attached hydrogens (tertiary/aromatic N) is 5. The van der Waals surface area contributed by atoms with Crippen LogP contribution in [0.2, 0.25) is 0 Å². The van der Waals surface area contributed by atoms with E-state index in [4.69, 9.17) is 4.74 Å². The van der Waals surface area contributed by atoms with Gasteiger partial charge in [-0.25, -0.2) is 4.79 Å². The van der Waals surface area contributed by atoms with Gasteiger partial charge >= 0.3 is 5.97 Å². The normalized spacial score (nSPS) is 14.2. The number of hydrogen-bond donors (Lipinski definition) is 1. The molecule has 0 aliphatic carbocycles. The largest absolute Gasteiger partial charge is 0.465 e. The fourth-order valence-corrected chi connectivity index (χ4v) is 3.34. The average molecular weight is 436 g/mol. The zero-order chi connectivity index (χ0) is 22.3. The Balaban J connectivity index is 1.32. The number of carbonyl (C=O) groups excluding carboxylic acids is 2. The van der Waals surface area contributed by atoms with Crippen molar-refractivity contribution in [1.82, 2.24) is 25.1 Å². The summed E-state index contributed by atoms with van der Waals surface area (Å²) in [7, 11) is 1.32. The van der Waals surface area contributed by atoms with Crippen molar-refractivity contribution in [3.05, 3.63) is 59.7 Å². The standard InChI is InChI=1S/C22H24N6O4/c1-31-22(30)18-6-8-19(9-7-18)23-20(29)15-28-25-21(24-26-28)17-4-2-16(3-5-17)14-27-10-12-32-13-11-27/h2-9H,10-15H2,1H3,(H,23,29). The molecule has 2 heterocycles. The summed E-state index contributed by atoms with van der Waals surface area (Å²) in [6.07, 6.45) is 0. The maximum atomic E-state index is 12.3. The van der Waals surface area contributed by atoms with Crippen LogP contribution in [0.5, 0.6) is 0 Å². The first-order chi connectivity index (χ1) is 15.6. The Bertz CT molecular complexity index is 1060. The van der Waals surface area contributed by atoms with E-state index in [1.165, 1.54) is 17.5 Å². The predicted octanol–water partition coefficient (Wildman–Crippen LogP) is 1.60. The Morgan fingerprint density at radius 2 is 1.78 bits per heavy atom. The molecule has 1 saturated heterocycles. The lowest BCUT2D eigenvalue weighted by Gasteiger charge is -2.26. The lowest BCUT2D eigenvalue weighted by atomic mass is 10.1. The maximum Gasteiger partial charge on any atom is 0.337 e. The Kier molecular flexibility index (Phi) is 6.83. The van der Waals surface area contributed by atoms with Crippen molar-refractivity contribution >= 4 is 17.6 Å². The predicted molar refractivity (Wildman–Crippen MR) is 116 cm³/mol. The molecule has 0 bridgehead atoms. The number of esters is 1. The molecule has 1 N–H and O–H groups in total. The molecule has 10 nitrogen and oxygen atoms in total. The van der Waals surface area contributed by atoms with E-state index in [1.54, 1.807) is 24.3 Å². The van der Waals surface area contributed by atoms with Crippen LogP contribution in [0.1, 0.15) is 15.9 Å². The summed E-state index contributed by atoms with van der Waals surface area (Å²) in [6.45, 7) is 4.23. The fourth-order valence-electron chi connectivity index (χ4n) is 3.34. The SMILES string of the molecule is COC(=O)c1ccc(NC(=O)Cn2nnc(-c3ccc(CN4CCOCC4)cc3)n2)cc1. The van der Waals surface area contributed by atoms with Crippen molar-refractivity contribution in [2.24, 2.45) is 0 Å². The number of ether oxygens (including phenoxy) is 2. The van der Waals surface area contributed by atoms with Crippen LogP contribution in [0.25, 0.3) is 11.4 Å². The number of anilines is 1. The molecule has 4 rings (SSSR count). The molecular formula is C22H24N6O4. The minimum absolute atomic E-state index is 0.0825. The van der Waals surface area contributed by atoms with E-state index in [9.17, 15) is 9.59 Å². The number of aromatic nitrogens is 4. The smallest absolute Gasteiger partial charge is 0.337 e. The Hall–Kier alpha value is -3.63. The van der Waals surface area contributed by atoms with Gasteiger partial charge in [0.15, 0.2) is 0 Å². The number of morpholine rings is 1. The molecule has 1 amide bonds. The summed E-state index contributed by atoms with van der Waals surface area (Å²) >= 11 is 0. The molecule has 1 aromatic heterocycles. The molecule has 0 radical (unpaired) electrons. The molecule has 10 heteroatoms. The van der Waals surface area contributed by atoms with Crippen LogP contribution >= 0.6 is 0 Å². The van der Waals surface area contributed by atoms with Gasteiger partial charge in [-0.05, 0) is 35.0 Å². The van der Waals surface area contributed by atoms with Crippen molar-refractivity contribution < 1.29 is 19.1 Å². The van der Waals surface area contributed by atoms with E-state index in [-0.39, 0.29) is 12.5 Å². The van der Waals surface area contributed by atoms with Gasteiger partial charge in [-0.15, -0.1) is 10.2 Å². The van der Waals surface area contributed by atoms with Gasteiger partial charge in [0.25, 0.3) is 0 Å². The summed E-state index contributed by atoms with van der Waals surface area (Å²) in [6, 6.07) is 14.4. The van der Waals surface area contributed by atoms with Gasteiger partial charge in [-0.1, -0.05) is 24.3 Å². The van der Waals surface area contributed by atoms with Crippen molar-refractivity contribution in [3.63, 3.8) is 0 Å². The minimum Gasteiger partial charge on any atom is -0.465 e. The third-order valence-electron chi connectivity index (χ3n) is 5.05. The van der Waals surface area contributed by atoms with Crippen LogP contribution in [0.3, 0.4) is 0 Å². The number of amides is 1. The van der Waals surface area contributed by atoms with Crippen LogP contribution in [-0.4, -0.2) is 70.4 Å². The van der Waals surface area contributed by atoms with Crippen LogP contribution in [0.15, 0.2) is 48.5 Å². The summed E-state index contributed by atoms with van der Waals surface area (Å²) in [5.74, 6) is -0.282. The Labute approximate surface area is 185 Å². The van der Waals surface area contributed by atoms with Gasteiger partial charge in [0, 0.05) is 30.9 Å². The molecule has 2 aromatic carbocycles. The number of rotatable bonds is 7. The van der Waals surface area contributed by atoms with Crippen LogP contribution in [0.4, 0.5) is 5.69 Å². The number of carbonyl (C=O) groups is 2. The lowest BCUT2D eigenvalue weighted by Crippen LogP contribution is -2.35. The molecule has 1 aliphatic rings. The van der Waals surface area contributed by atoms with Crippen molar-refractivity contribution in [1.29, 1.82) is 0 Å². The molecule has 3 aromatic rings. The zero-order valence-electron chi connectivity index (χ0n) is 17.7. The number of tetrazole rings is 1. The van der Waals surface area contributed by atoms with Gasteiger partial charge in [0.1, 0.15) is 6.54 Å². The molecule has 0 atom stereocenters. The summed E-state index contributed by atoms with van der Waals surface area (Å²) in [4.78, 5) is 27.4. The van der Waals surface area contributed by atoms with Crippen LogP contribution < -0.4 is 5.32 Å². The molecule has 1 aliphatic heterocycles. The van der Waals surface area contributed by atoms with E-state index in [0.717, 1.165) is 38.4 Å². The third-order valence-corrected chi connectivity index (χ3v) is 5.05. The van der Waals surface area contributed by atoms with Crippen molar-refractivity contribution in [2.45, 2.75) is 13.1 Å². The molecule has 166 valence electrons. The van der Waals surface area contributed by atoms with E-state index < -0.39 is 5.97 Å². The molecule has 0 unspecified atom stereocenters. The van der Waals surface area contributed by atoms with E-state index in [1.807, 2.05) is 12.1 Å². The van der Waals surface area contributed by atoms with E-state index in [0.29, 0.717) is 17.1 Å². The molecule has 0 spiro atoms. The second-order valence-electron chi connectivity index (χ2n) is 7.35. The van der Waals surface area contributed by atoms with Crippen LogP contribution in [-0.2, 0) is 27.4 Å². The topological polar surface area (TPSA) is 111 Å². The lowest BCUT2D eigenvalue weighted by molar-refractivity contribution is -0.117. The second-order valence-corrected chi connectivity index (χ2v) is 7.35. The molecular weight excluding hydrogens is 412 g/mol. The molecule has 32 heavy (non-hydrogen) atoms. The van der Waals surface area contributed by atoms with Gasteiger partial charge in [0.05, 0.1) is 25.9 Å². The van der Waals surface area contributed by atoms with Crippen molar-refractivity contribution in [3.8, 4) is 11.4 Å². The van der Waals surface area contributed by atoms with Crippen molar-refractivity contribution in [2.75, 3.05) is 38.7 Å². The van der Waals surface area contributed by atoms with Gasteiger partial charge in [-0.3, -0.25) is 9.69 Å². The summed E-state index contributed by atoms with van der Waals surface area (Å²) in [5, 5.41) is 15.1. The highest BCUT2D eigenvalue weighted by Gasteiger charge is 2.13. The zero-order valence-corrected chi connectivity index (χ0v) is 17.7. The molecule has 0 saturated carbocycles. The van der Waals surface area contributed by atoms with Crippen LogP contribution in [0, 0.1) is 0 Å². The van der Waals surface area contributed by atoms with E-state index >= 15 is 0 Å². The summed E-state index contributed by atoms with van der Waals surface area (Å²) in [5.41, 5.74) is 3.00. The summed E-state index contributed by atoms with van der Waals surface area (Å²) < 4.78 is 10.0.